The summed E-state index contributed by atoms with van der Waals surface area (Å²) >= 11 is 0. The highest BCUT2D eigenvalue weighted by molar-refractivity contribution is 5.78. The Balaban J connectivity index is 1.86. The predicted molar refractivity (Wildman–Crippen MR) is 105 cm³/mol. The van der Waals surface area contributed by atoms with Crippen LogP contribution in [0.3, 0.4) is 0 Å². The Morgan fingerprint density at radius 2 is 1.82 bits per heavy atom. The number of amides is 1. The summed E-state index contributed by atoms with van der Waals surface area (Å²) in [6, 6.07) is 10.8. The molecule has 0 saturated heterocycles. The molecule has 0 aliphatic carbocycles. The van der Waals surface area contributed by atoms with Gasteiger partial charge in [0.15, 0.2) is 5.65 Å². The number of nitrogens with zero attached hydrogens (tertiary/aromatic N) is 3. The van der Waals surface area contributed by atoms with Crippen molar-refractivity contribution in [3.63, 3.8) is 0 Å². The fourth-order valence-corrected chi connectivity index (χ4v) is 3.03. The van der Waals surface area contributed by atoms with Crippen molar-refractivity contribution in [3.05, 3.63) is 68.9 Å². The van der Waals surface area contributed by atoms with Crippen molar-refractivity contribution in [2.24, 2.45) is 0 Å². The van der Waals surface area contributed by atoms with Crippen LogP contribution >= 0.6 is 0 Å². The topological polar surface area (TPSA) is 95.2 Å². The molecular weight excluding hydrogens is 360 g/mol. The van der Waals surface area contributed by atoms with Crippen molar-refractivity contribution < 1.29 is 9.53 Å². The average molecular weight is 382 g/mol. The van der Waals surface area contributed by atoms with Crippen LogP contribution in [0.2, 0.25) is 0 Å². The fourth-order valence-electron chi connectivity index (χ4n) is 3.03. The summed E-state index contributed by atoms with van der Waals surface area (Å²) in [6.45, 7) is 4.49. The van der Waals surface area contributed by atoms with Crippen LogP contribution in [-0.2, 0) is 24.4 Å². The molecule has 0 saturated carbocycles. The number of hydrogen-bond donors (Lipinski definition) is 1. The van der Waals surface area contributed by atoms with E-state index in [2.05, 4.69) is 10.3 Å². The van der Waals surface area contributed by atoms with Gasteiger partial charge in [-0.3, -0.25) is 23.5 Å². The SMILES string of the molecule is CCOc1ccccc1CNC(=O)Cn1c(=O)c(=O)n(CC)c2ncccc21. The fraction of sp³-hybridized carbons (Fsp3) is 0.300. The maximum absolute atomic E-state index is 12.5. The second-order valence-corrected chi connectivity index (χ2v) is 6.10. The molecule has 8 heteroatoms. The first-order valence-electron chi connectivity index (χ1n) is 9.12. The molecule has 0 radical (unpaired) electrons. The van der Waals surface area contributed by atoms with E-state index in [-0.39, 0.29) is 19.0 Å². The van der Waals surface area contributed by atoms with Gasteiger partial charge in [0.05, 0.1) is 12.1 Å². The Morgan fingerprint density at radius 1 is 1.07 bits per heavy atom. The number of ether oxygens (including phenoxy) is 1. The van der Waals surface area contributed by atoms with Gasteiger partial charge in [-0.2, -0.15) is 0 Å². The molecule has 28 heavy (non-hydrogen) atoms. The van der Waals surface area contributed by atoms with Gasteiger partial charge in [0.2, 0.25) is 5.91 Å². The van der Waals surface area contributed by atoms with Crippen LogP contribution in [0, 0.1) is 0 Å². The van der Waals surface area contributed by atoms with Crippen molar-refractivity contribution in [3.8, 4) is 5.75 Å². The number of benzene rings is 1. The highest BCUT2D eigenvalue weighted by Gasteiger charge is 2.15. The Bertz CT molecular complexity index is 1120. The van der Waals surface area contributed by atoms with Crippen LogP contribution in [0.15, 0.2) is 52.2 Å². The standard InChI is InChI=1S/C20H22N4O4/c1-3-23-18-15(9-7-11-21-18)24(20(27)19(23)26)13-17(25)22-12-14-8-5-6-10-16(14)28-4-2/h5-11H,3-4,12-13H2,1-2H3,(H,22,25). The minimum atomic E-state index is -0.743. The van der Waals surface area contributed by atoms with Gasteiger partial charge in [-0.15, -0.1) is 0 Å². The summed E-state index contributed by atoms with van der Waals surface area (Å²) in [5.41, 5.74) is 0.219. The summed E-state index contributed by atoms with van der Waals surface area (Å²) in [5.74, 6) is 0.315. The quantitative estimate of drug-likeness (QED) is 0.622. The molecule has 1 N–H and O–H groups in total. The summed E-state index contributed by atoms with van der Waals surface area (Å²) in [4.78, 5) is 41.5. The number of rotatable bonds is 7. The van der Waals surface area contributed by atoms with E-state index in [0.717, 1.165) is 5.56 Å². The zero-order valence-corrected chi connectivity index (χ0v) is 15.8. The number of aromatic nitrogens is 3. The summed E-state index contributed by atoms with van der Waals surface area (Å²) in [6.07, 6.45) is 1.55. The minimum absolute atomic E-state index is 0.256. The van der Waals surface area contributed by atoms with Gasteiger partial charge < -0.3 is 10.1 Å². The van der Waals surface area contributed by atoms with E-state index in [0.29, 0.717) is 30.1 Å². The van der Waals surface area contributed by atoms with Crippen LogP contribution in [0.4, 0.5) is 0 Å². The molecule has 3 rings (SSSR count). The molecule has 2 heterocycles. The molecule has 3 aromatic rings. The number of carbonyl (C=O) groups excluding carboxylic acids is 1. The molecule has 0 spiro atoms. The van der Waals surface area contributed by atoms with E-state index in [9.17, 15) is 14.4 Å². The van der Waals surface area contributed by atoms with Crippen LogP contribution in [0.5, 0.6) is 5.75 Å². The molecule has 8 nitrogen and oxygen atoms in total. The number of nitrogens with one attached hydrogen (secondary N) is 1. The lowest BCUT2D eigenvalue weighted by atomic mass is 10.2. The maximum atomic E-state index is 12.5. The Labute approximate surface area is 161 Å². The lowest BCUT2D eigenvalue weighted by Crippen LogP contribution is -2.44. The van der Waals surface area contributed by atoms with Crippen molar-refractivity contribution >= 4 is 17.1 Å². The minimum Gasteiger partial charge on any atom is -0.494 e. The molecule has 1 amide bonds. The first-order valence-corrected chi connectivity index (χ1v) is 9.12. The molecule has 146 valence electrons. The molecular formula is C20H22N4O4. The second-order valence-electron chi connectivity index (χ2n) is 6.10. The largest absolute Gasteiger partial charge is 0.494 e. The van der Waals surface area contributed by atoms with Gasteiger partial charge >= 0.3 is 11.1 Å². The Morgan fingerprint density at radius 3 is 2.57 bits per heavy atom. The first kappa shape index (κ1) is 19.3. The first-order chi connectivity index (χ1) is 13.6. The zero-order valence-electron chi connectivity index (χ0n) is 15.8. The third-order valence-electron chi connectivity index (χ3n) is 4.35. The van der Waals surface area contributed by atoms with Crippen molar-refractivity contribution in [2.75, 3.05) is 6.61 Å². The number of carbonyl (C=O) groups is 1. The number of aryl methyl sites for hydroxylation is 1. The number of fused-ring (bicyclic) bond motifs is 1. The van der Waals surface area contributed by atoms with Crippen LogP contribution in [0.25, 0.3) is 11.2 Å². The van der Waals surface area contributed by atoms with Gasteiger partial charge in [-0.1, -0.05) is 18.2 Å². The van der Waals surface area contributed by atoms with E-state index in [1.807, 2.05) is 31.2 Å². The predicted octanol–water partition coefficient (Wildman–Crippen LogP) is 1.29. The maximum Gasteiger partial charge on any atom is 0.318 e. The van der Waals surface area contributed by atoms with Gasteiger partial charge in [0.1, 0.15) is 12.3 Å². The third kappa shape index (κ3) is 3.80. The lowest BCUT2D eigenvalue weighted by molar-refractivity contribution is -0.121. The van der Waals surface area contributed by atoms with Crippen LogP contribution in [0.1, 0.15) is 19.4 Å². The van der Waals surface area contributed by atoms with Crippen LogP contribution < -0.4 is 21.2 Å². The highest BCUT2D eigenvalue weighted by atomic mass is 16.5. The van der Waals surface area contributed by atoms with Gasteiger partial charge in [0, 0.05) is 24.8 Å². The van der Waals surface area contributed by atoms with Crippen molar-refractivity contribution in [1.82, 2.24) is 19.4 Å². The van der Waals surface area contributed by atoms with Crippen molar-refractivity contribution in [2.45, 2.75) is 33.5 Å². The Hall–Kier alpha value is -3.42. The Kier molecular flexibility index (Phi) is 5.88. The molecule has 0 aliphatic heterocycles. The van der Waals surface area contributed by atoms with Crippen molar-refractivity contribution in [1.29, 1.82) is 0 Å². The number of pyridine rings is 1. The number of hydrogen-bond acceptors (Lipinski definition) is 5. The molecule has 2 aromatic heterocycles. The van der Waals surface area contributed by atoms with Gasteiger partial charge in [-0.05, 0) is 32.0 Å². The smallest absolute Gasteiger partial charge is 0.318 e. The van der Waals surface area contributed by atoms with E-state index in [1.165, 1.54) is 9.13 Å². The normalized spacial score (nSPS) is 10.8. The lowest BCUT2D eigenvalue weighted by Gasteiger charge is -2.14. The zero-order chi connectivity index (χ0) is 20.1. The third-order valence-corrected chi connectivity index (χ3v) is 4.35. The van der Waals surface area contributed by atoms with E-state index in [4.69, 9.17) is 4.74 Å². The molecule has 0 aliphatic rings. The monoisotopic (exact) mass is 382 g/mol. The molecule has 0 bridgehead atoms. The second kappa shape index (κ2) is 8.51. The average Bonchev–Trinajstić information content (AvgIpc) is 2.71. The summed E-state index contributed by atoms with van der Waals surface area (Å²) < 4.78 is 8.02. The highest BCUT2D eigenvalue weighted by Crippen LogP contribution is 2.17. The van der Waals surface area contributed by atoms with E-state index in [1.54, 1.807) is 25.3 Å². The number of para-hydroxylation sites is 1. The summed E-state index contributed by atoms with van der Waals surface area (Å²) in [7, 11) is 0. The van der Waals surface area contributed by atoms with Gasteiger partial charge in [0.25, 0.3) is 0 Å². The molecule has 0 fully saturated rings. The van der Waals surface area contributed by atoms with E-state index < -0.39 is 11.1 Å². The molecule has 0 unspecified atom stereocenters. The van der Waals surface area contributed by atoms with E-state index >= 15 is 0 Å². The molecule has 1 aromatic carbocycles. The summed E-state index contributed by atoms with van der Waals surface area (Å²) in [5, 5.41) is 2.78. The van der Waals surface area contributed by atoms with Gasteiger partial charge in [-0.25, -0.2) is 4.98 Å². The molecule has 0 atom stereocenters. The van der Waals surface area contributed by atoms with Crippen LogP contribution in [-0.4, -0.2) is 26.6 Å².